The van der Waals surface area contributed by atoms with Gasteiger partial charge in [0.1, 0.15) is 0 Å². The van der Waals surface area contributed by atoms with Gasteiger partial charge in [-0.05, 0) is 45.6 Å². The van der Waals surface area contributed by atoms with Crippen LogP contribution in [0.15, 0.2) is 0 Å². The first-order valence-electron chi connectivity index (χ1n) is 7.71. The number of carboxylic acid groups (broad SMARTS) is 1. The zero-order valence-electron chi connectivity index (χ0n) is 12.6. The number of carbonyl (C=O) groups excluding carboxylic acids is 1. The maximum absolute atomic E-state index is 12.8. The van der Waals surface area contributed by atoms with Crippen molar-refractivity contribution in [2.45, 2.75) is 57.9 Å². The summed E-state index contributed by atoms with van der Waals surface area (Å²) in [5.74, 6) is -0.559. The van der Waals surface area contributed by atoms with Gasteiger partial charge in [-0.1, -0.05) is 13.3 Å². The van der Waals surface area contributed by atoms with E-state index in [9.17, 15) is 14.7 Å². The fourth-order valence-electron chi connectivity index (χ4n) is 3.46. The van der Waals surface area contributed by atoms with Gasteiger partial charge >= 0.3 is 5.97 Å². The Morgan fingerprint density at radius 1 is 1.25 bits per heavy atom. The van der Waals surface area contributed by atoms with E-state index < -0.39 is 11.4 Å². The normalized spacial score (nSPS) is 29.4. The number of carboxylic acids is 1. The largest absolute Gasteiger partial charge is 0.481 e. The second-order valence-corrected chi connectivity index (χ2v) is 6.52. The molecule has 0 aromatic heterocycles. The smallest absolute Gasteiger partial charge is 0.309 e. The number of rotatable bonds is 4. The van der Waals surface area contributed by atoms with Crippen LogP contribution >= 0.6 is 0 Å². The summed E-state index contributed by atoms with van der Waals surface area (Å²) in [5.41, 5.74) is -1.05. The SMILES string of the molecule is CCCC1(C(=O)N2CCC(C)(C(=O)O)CC2)CCCN1. The molecule has 1 amide bonds. The Morgan fingerprint density at radius 3 is 2.35 bits per heavy atom. The second kappa shape index (κ2) is 5.72. The standard InChI is InChI=1S/C15H26N2O3/c1-3-5-15(6-4-9-16-15)12(18)17-10-7-14(2,8-11-17)13(19)20/h16H,3-11H2,1-2H3,(H,19,20). The molecule has 1 atom stereocenters. The molecule has 0 saturated carbocycles. The molecule has 2 aliphatic heterocycles. The van der Waals surface area contributed by atoms with E-state index in [1.54, 1.807) is 6.92 Å². The van der Waals surface area contributed by atoms with Crippen LogP contribution in [0.5, 0.6) is 0 Å². The highest BCUT2D eigenvalue weighted by atomic mass is 16.4. The molecular formula is C15H26N2O3. The summed E-state index contributed by atoms with van der Waals surface area (Å²) in [6.07, 6.45) is 4.92. The fourth-order valence-corrected chi connectivity index (χ4v) is 3.46. The van der Waals surface area contributed by atoms with Crippen molar-refractivity contribution in [3.63, 3.8) is 0 Å². The molecule has 2 rings (SSSR count). The van der Waals surface area contributed by atoms with Crippen LogP contribution in [0.3, 0.4) is 0 Å². The third kappa shape index (κ3) is 2.68. The van der Waals surface area contributed by atoms with Gasteiger partial charge in [0.2, 0.25) is 5.91 Å². The number of hydrogen-bond donors (Lipinski definition) is 2. The first-order chi connectivity index (χ1) is 9.43. The van der Waals surface area contributed by atoms with E-state index in [-0.39, 0.29) is 11.4 Å². The molecule has 0 bridgehead atoms. The van der Waals surface area contributed by atoms with E-state index in [4.69, 9.17) is 0 Å². The minimum absolute atomic E-state index is 0.185. The number of piperidine rings is 1. The quantitative estimate of drug-likeness (QED) is 0.822. The van der Waals surface area contributed by atoms with Crippen LogP contribution in [-0.2, 0) is 9.59 Å². The average Bonchev–Trinajstić information content (AvgIpc) is 2.89. The summed E-state index contributed by atoms with van der Waals surface area (Å²) >= 11 is 0. The number of amides is 1. The fraction of sp³-hybridized carbons (Fsp3) is 0.867. The molecule has 2 aliphatic rings. The third-order valence-corrected chi connectivity index (χ3v) is 5.00. The van der Waals surface area contributed by atoms with Crippen molar-refractivity contribution in [2.75, 3.05) is 19.6 Å². The molecule has 5 nitrogen and oxygen atoms in total. The molecule has 5 heteroatoms. The van der Waals surface area contributed by atoms with Crippen LogP contribution in [0.1, 0.15) is 52.4 Å². The number of aliphatic carboxylic acids is 1. The van der Waals surface area contributed by atoms with Crippen molar-refractivity contribution in [1.82, 2.24) is 10.2 Å². The predicted octanol–water partition coefficient (Wildman–Crippen LogP) is 1.62. The topological polar surface area (TPSA) is 69.6 Å². The Bertz CT molecular complexity index is 381. The zero-order chi connectivity index (χ0) is 14.8. The second-order valence-electron chi connectivity index (χ2n) is 6.52. The molecule has 1 unspecified atom stereocenters. The van der Waals surface area contributed by atoms with Crippen molar-refractivity contribution in [3.8, 4) is 0 Å². The van der Waals surface area contributed by atoms with Gasteiger partial charge in [-0.15, -0.1) is 0 Å². The molecule has 2 fully saturated rings. The highest BCUT2D eigenvalue weighted by molar-refractivity contribution is 5.87. The van der Waals surface area contributed by atoms with Gasteiger partial charge in [-0.25, -0.2) is 0 Å². The van der Waals surface area contributed by atoms with E-state index in [1.165, 1.54) is 0 Å². The van der Waals surface area contributed by atoms with E-state index in [0.29, 0.717) is 25.9 Å². The van der Waals surface area contributed by atoms with Crippen LogP contribution in [0.25, 0.3) is 0 Å². The van der Waals surface area contributed by atoms with Gasteiger partial charge in [0, 0.05) is 13.1 Å². The Hall–Kier alpha value is -1.10. The van der Waals surface area contributed by atoms with Crippen molar-refractivity contribution < 1.29 is 14.7 Å². The van der Waals surface area contributed by atoms with Gasteiger partial charge in [-0.3, -0.25) is 9.59 Å². The number of nitrogens with zero attached hydrogens (tertiary/aromatic N) is 1. The van der Waals surface area contributed by atoms with Gasteiger partial charge in [-0.2, -0.15) is 0 Å². The van der Waals surface area contributed by atoms with E-state index in [0.717, 1.165) is 32.2 Å². The lowest BCUT2D eigenvalue weighted by atomic mass is 9.79. The minimum Gasteiger partial charge on any atom is -0.481 e. The summed E-state index contributed by atoms with van der Waals surface area (Å²) < 4.78 is 0. The minimum atomic E-state index is -0.744. The number of likely N-dealkylation sites (tertiary alicyclic amines) is 1. The number of hydrogen-bond acceptors (Lipinski definition) is 3. The predicted molar refractivity (Wildman–Crippen MR) is 76.4 cm³/mol. The van der Waals surface area contributed by atoms with Gasteiger partial charge in [0.05, 0.1) is 11.0 Å². The molecule has 0 aromatic rings. The molecule has 2 N–H and O–H groups in total. The van der Waals surface area contributed by atoms with E-state index in [1.807, 2.05) is 4.90 Å². The van der Waals surface area contributed by atoms with Crippen LogP contribution in [-0.4, -0.2) is 47.1 Å². The van der Waals surface area contributed by atoms with Gasteiger partial charge < -0.3 is 15.3 Å². The third-order valence-electron chi connectivity index (χ3n) is 5.00. The lowest BCUT2D eigenvalue weighted by Crippen LogP contribution is -2.57. The Balaban J connectivity index is 2.02. The molecule has 0 radical (unpaired) electrons. The Labute approximate surface area is 120 Å². The zero-order valence-corrected chi connectivity index (χ0v) is 12.6. The molecule has 2 heterocycles. The molecule has 0 aromatic carbocycles. The summed E-state index contributed by atoms with van der Waals surface area (Å²) in [7, 11) is 0. The molecule has 20 heavy (non-hydrogen) atoms. The van der Waals surface area contributed by atoms with Crippen LogP contribution in [0.4, 0.5) is 0 Å². The molecule has 0 aliphatic carbocycles. The number of nitrogens with one attached hydrogen (secondary N) is 1. The summed E-state index contributed by atoms with van der Waals surface area (Å²) in [6, 6.07) is 0. The van der Waals surface area contributed by atoms with Crippen LogP contribution in [0, 0.1) is 5.41 Å². The van der Waals surface area contributed by atoms with Gasteiger partial charge in [0.25, 0.3) is 0 Å². The van der Waals surface area contributed by atoms with E-state index in [2.05, 4.69) is 12.2 Å². The first kappa shape index (κ1) is 15.3. The monoisotopic (exact) mass is 282 g/mol. The van der Waals surface area contributed by atoms with Crippen LogP contribution in [0.2, 0.25) is 0 Å². The van der Waals surface area contributed by atoms with Crippen molar-refractivity contribution in [3.05, 3.63) is 0 Å². The lowest BCUT2D eigenvalue weighted by Gasteiger charge is -2.41. The van der Waals surface area contributed by atoms with Crippen molar-refractivity contribution >= 4 is 11.9 Å². The summed E-state index contributed by atoms with van der Waals surface area (Å²) in [6.45, 7) is 5.93. The molecule has 114 valence electrons. The van der Waals surface area contributed by atoms with Crippen molar-refractivity contribution in [1.29, 1.82) is 0 Å². The summed E-state index contributed by atoms with van der Waals surface area (Å²) in [4.78, 5) is 25.9. The summed E-state index contributed by atoms with van der Waals surface area (Å²) in [5, 5.41) is 12.7. The van der Waals surface area contributed by atoms with Gasteiger partial charge in [0.15, 0.2) is 0 Å². The van der Waals surface area contributed by atoms with Crippen molar-refractivity contribution in [2.24, 2.45) is 5.41 Å². The van der Waals surface area contributed by atoms with E-state index >= 15 is 0 Å². The lowest BCUT2D eigenvalue weighted by molar-refractivity contribution is -0.154. The molecule has 0 spiro atoms. The average molecular weight is 282 g/mol. The van der Waals surface area contributed by atoms with Crippen LogP contribution < -0.4 is 5.32 Å². The number of carbonyl (C=O) groups is 2. The Kier molecular flexibility index (Phi) is 4.37. The Morgan fingerprint density at radius 2 is 1.90 bits per heavy atom. The maximum atomic E-state index is 12.8. The highest BCUT2D eigenvalue weighted by Crippen LogP contribution is 2.34. The first-order valence-corrected chi connectivity index (χ1v) is 7.71. The highest BCUT2D eigenvalue weighted by Gasteiger charge is 2.45. The molecule has 2 saturated heterocycles. The molecular weight excluding hydrogens is 256 g/mol. The maximum Gasteiger partial charge on any atom is 0.309 e.